The second-order valence-corrected chi connectivity index (χ2v) is 5.28. The van der Waals surface area contributed by atoms with Crippen molar-refractivity contribution in [1.29, 1.82) is 0 Å². The number of ether oxygens (including phenoxy) is 1. The van der Waals surface area contributed by atoms with E-state index < -0.39 is 0 Å². The standard InChI is InChI=1S/C11H17NO2S/c1-8(13)5-10-6-12-11(15-10)9-3-2-4-14-7-9/h6,8-9,13H,2-5,7H2,1H3. The van der Waals surface area contributed by atoms with Crippen LogP contribution in [0.1, 0.15) is 35.6 Å². The Labute approximate surface area is 94.1 Å². The van der Waals surface area contributed by atoms with Gasteiger partial charge in [-0.1, -0.05) is 0 Å². The van der Waals surface area contributed by atoms with E-state index in [0.29, 0.717) is 12.3 Å². The van der Waals surface area contributed by atoms with Crippen LogP contribution in [0.3, 0.4) is 0 Å². The molecule has 0 aliphatic carbocycles. The minimum atomic E-state index is -0.277. The fraction of sp³-hybridized carbons (Fsp3) is 0.727. The summed E-state index contributed by atoms with van der Waals surface area (Å²) >= 11 is 1.72. The summed E-state index contributed by atoms with van der Waals surface area (Å²) in [5.41, 5.74) is 0. The predicted molar refractivity (Wildman–Crippen MR) is 60.3 cm³/mol. The smallest absolute Gasteiger partial charge is 0.0981 e. The van der Waals surface area contributed by atoms with E-state index in [1.807, 2.05) is 13.1 Å². The zero-order valence-corrected chi connectivity index (χ0v) is 9.80. The monoisotopic (exact) mass is 227 g/mol. The Bertz CT molecular complexity index is 305. The third-order valence-electron chi connectivity index (χ3n) is 2.58. The second-order valence-electron chi connectivity index (χ2n) is 4.13. The van der Waals surface area contributed by atoms with Crippen LogP contribution in [-0.4, -0.2) is 29.4 Å². The van der Waals surface area contributed by atoms with Gasteiger partial charge >= 0.3 is 0 Å². The molecule has 1 saturated heterocycles. The Morgan fingerprint density at radius 1 is 1.73 bits per heavy atom. The molecule has 0 saturated carbocycles. The van der Waals surface area contributed by atoms with Crippen molar-refractivity contribution in [2.75, 3.05) is 13.2 Å². The van der Waals surface area contributed by atoms with Crippen LogP contribution in [0.4, 0.5) is 0 Å². The number of aliphatic hydroxyl groups is 1. The maximum atomic E-state index is 9.28. The Hall–Kier alpha value is -0.450. The summed E-state index contributed by atoms with van der Waals surface area (Å²) in [6.45, 7) is 3.51. The molecule has 0 radical (unpaired) electrons. The van der Waals surface area contributed by atoms with Crippen LogP contribution in [0, 0.1) is 0 Å². The number of thiazole rings is 1. The average Bonchev–Trinajstić information content (AvgIpc) is 2.67. The number of nitrogens with zero attached hydrogens (tertiary/aromatic N) is 1. The lowest BCUT2D eigenvalue weighted by molar-refractivity contribution is 0.0804. The molecule has 1 aliphatic heterocycles. The molecule has 4 heteroatoms. The third-order valence-corrected chi connectivity index (χ3v) is 3.76. The Morgan fingerprint density at radius 3 is 3.27 bits per heavy atom. The third kappa shape index (κ3) is 3.00. The summed E-state index contributed by atoms with van der Waals surface area (Å²) in [7, 11) is 0. The van der Waals surface area contributed by atoms with Gasteiger partial charge in [0, 0.05) is 30.0 Å². The molecule has 2 heterocycles. The summed E-state index contributed by atoms with van der Waals surface area (Å²) in [6, 6.07) is 0. The van der Waals surface area contributed by atoms with Crippen molar-refractivity contribution in [3.63, 3.8) is 0 Å². The molecule has 1 aromatic rings. The van der Waals surface area contributed by atoms with Gasteiger partial charge in [0.2, 0.25) is 0 Å². The van der Waals surface area contributed by atoms with Crippen LogP contribution in [0.25, 0.3) is 0 Å². The Morgan fingerprint density at radius 2 is 2.60 bits per heavy atom. The van der Waals surface area contributed by atoms with Gasteiger partial charge in [0.05, 0.1) is 17.7 Å². The lowest BCUT2D eigenvalue weighted by Crippen LogP contribution is -2.15. The average molecular weight is 227 g/mol. The van der Waals surface area contributed by atoms with Gasteiger partial charge in [-0.15, -0.1) is 11.3 Å². The Kier molecular flexibility index (Phi) is 3.72. The van der Waals surface area contributed by atoms with E-state index in [-0.39, 0.29) is 6.10 Å². The number of hydrogen-bond donors (Lipinski definition) is 1. The van der Waals surface area contributed by atoms with Gasteiger partial charge in [-0.25, -0.2) is 4.98 Å². The maximum absolute atomic E-state index is 9.28. The van der Waals surface area contributed by atoms with Crippen LogP contribution in [0.2, 0.25) is 0 Å². The molecule has 2 unspecified atom stereocenters. The topological polar surface area (TPSA) is 42.4 Å². The largest absolute Gasteiger partial charge is 0.393 e. The van der Waals surface area contributed by atoms with Crippen molar-refractivity contribution in [2.45, 2.75) is 38.2 Å². The lowest BCUT2D eigenvalue weighted by Gasteiger charge is -2.19. The molecule has 2 rings (SSSR count). The zero-order chi connectivity index (χ0) is 10.7. The van der Waals surface area contributed by atoms with Gasteiger partial charge in [-0.05, 0) is 19.8 Å². The van der Waals surface area contributed by atoms with Crippen molar-refractivity contribution in [3.8, 4) is 0 Å². The summed E-state index contributed by atoms with van der Waals surface area (Å²) in [5, 5.41) is 10.5. The highest BCUT2D eigenvalue weighted by molar-refractivity contribution is 7.11. The molecule has 2 atom stereocenters. The number of aromatic nitrogens is 1. The van der Waals surface area contributed by atoms with E-state index in [9.17, 15) is 5.11 Å². The molecular formula is C11H17NO2S. The zero-order valence-electron chi connectivity index (χ0n) is 8.98. The van der Waals surface area contributed by atoms with Crippen LogP contribution in [0.15, 0.2) is 6.20 Å². The predicted octanol–water partition coefficient (Wildman–Crippen LogP) is 1.96. The van der Waals surface area contributed by atoms with Crippen molar-refractivity contribution in [3.05, 3.63) is 16.1 Å². The molecule has 0 amide bonds. The summed E-state index contributed by atoms with van der Waals surface area (Å²) in [6.07, 6.45) is 4.64. The molecule has 0 aromatic carbocycles. The molecule has 0 spiro atoms. The molecule has 3 nitrogen and oxygen atoms in total. The fourth-order valence-electron chi connectivity index (χ4n) is 1.83. The van der Waals surface area contributed by atoms with E-state index in [1.165, 1.54) is 16.3 Å². The normalized spacial score (nSPS) is 24.0. The van der Waals surface area contributed by atoms with E-state index in [4.69, 9.17) is 4.74 Å². The highest BCUT2D eigenvalue weighted by Crippen LogP contribution is 2.29. The van der Waals surface area contributed by atoms with Gasteiger partial charge in [0.15, 0.2) is 0 Å². The van der Waals surface area contributed by atoms with Gasteiger partial charge in [0.1, 0.15) is 0 Å². The van der Waals surface area contributed by atoms with Crippen molar-refractivity contribution in [2.24, 2.45) is 0 Å². The van der Waals surface area contributed by atoms with E-state index in [0.717, 1.165) is 19.6 Å². The number of hydrogen-bond acceptors (Lipinski definition) is 4. The molecule has 1 aromatic heterocycles. The molecule has 15 heavy (non-hydrogen) atoms. The summed E-state index contributed by atoms with van der Waals surface area (Å²) < 4.78 is 5.44. The quantitative estimate of drug-likeness (QED) is 0.858. The number of aliphatic hydroxyl groups excluding tert-OH is 1. The minimum Gasteiger partial charge on any atom is -0.393 e. The van der Waals surface area contributed by atoms with Gasteiger partial charge in [-0.3, -0.25) is 0 Å². The van der Waals surface area contributed by atoms with Crippen molar-refractivity contribution >= 4 is 11.3 Å². The molecule has 0 bridgehead atoms. The SMILES string of the molecule is CC(O)Cc1cnc(C2CCCOC2)s1. The van der Waals surface area contributed by atoms with Crippen LogP contribution in [0.5, 0.6) is 0 Å². The minimum absolute atomic E-state index is 0.277. The van der Waals surface area contributed by atoms with Gasteiger partial charge in [-0.2, -0.15) is 0 Å². The van der Waals surface area contributed by atoms with E-state index in [2.05, 4.69) is 4.98 Å². The maximum Gasteiger partial charge on any atom is 0.0981 e. The first kappa shape index (κ1) is 11.0. The van der Waals surface area contributed by atoms with Crippen molar-refractivity contribution in [1.82, 2.24) is 4.98 Å². The highest BCUT2D eigenvalue weighted by atomic mass is 32.1. The number of rotatable bonds is 3. The molecule has 1 aliphatic rings. The lowest BCUT2D eigenvalue weighted by atomic mass is 10.0. The molecule has 1 N–H and O–H groups in total. The van der Waals surface area contributed by atoms with Crippen LogP contribution >= 0.6 is 11.3 Å². The first-order chi connectivity index (χ1) is 7.25. The first-order valence-electron chi connectivity index (χ1n) is 5.46. The Balaban J connectivity index is 1.99. The summed E-state index contributed by atoms with van der Waals surface area (Å²) in [5.74, 6) is 0.478. The molecular weight excluding hydrogens is 210 g/mol. The summed E-state index contributed by atoms with van der Waals surface area (Å²) in [4.78, 5) is 5.59. The van der Waals surface area contributed by atoms with Gasteiger partial charge < -0.3 is 9.84 Å². The second kappa shape index (κ2) is 5.05. The van der Waals surface area contributed by atoms with Gasteiger partial charge in [0.25, 0.3) is 0 Å². The highest BCUT2D eigenvalue weighted by Gasteiger charge is 2.19. The molecule has 1 fully saturated rings. The fourth-order valence-corrected chi connectivity index (χ4v) is 2.99. The van der Waals surface area contributed by atoms with E-state index >= 15 is 0 Å². The molecule has 84 valence electrons. The van der Waals surface area contributed by atoms with Crippen molar-refractivity contribution < 1.29 is 9.84 Å². The van der Waals surface area contributed by atoms with Crippen LogP contribution < -0.4 is 0 Å². The van der Waals surface area contributed by atoms with Crippen LogP contribution in [-0.2, 0) is 11.2 Å². The van der Waals surface area contributed by atoms with E-state index in [1.54, 1.807) is 11.3 Å². The first-order valence-corrected chi connectivity index (χ1v) is 6.28.